The standard InChI is InChI=1S/C24H18N2O2/c25-13-9-11-14(12-10-13)26-23(27)21-19-15-5-1-2-6-16(15)20(22(21)24(26)28)18-8-4-3-7-17(18)19/h1-12,19-22H,25H2/t19?,20?,21-,22+. The van der Waals surface area contributed by atoms with Gasteiger partial charge in [-0.15, -0.1) is 0 Å². The van der Waals surface area contributed by atoms with Gasteiger partial charge in [0.05, 0.1) is 17.5 Å². The smallest absolute Gasteiger partial charge is 0.238 e. The van der Waals surface area contributed by atoms with Gasteiger partial charge in [0.25, 0.3) is 0 Å². The Morgan fingerprint density at radius 1 is 0.607 bits per heavy atom. The molecule has 0 spiro atoms. The van der Waals surface area contributed by atoms with E-state index in [0.717, 1.165) is 0 Å². The summed E-state index contributed by atoms with van der Waals surface area (Å²) in [4.78, 5) is 28.4. The number of imide groups is 1. The van der Waals surface area contributed by atoms with E-state index in [1.54, 1.807) is 24.3 Å². The van der Waals surface area contributed by atoms with Crippen LogP contribution in [0.25, 0.3) is 0 Å². The fourth-order valence-electron chi connectivity index (χ4n) is 5.56. The maximum atomic E-state index is 13.5. The molecular formula is C24H18N2O2. The average Bonchev–Trinajstić information content (AvgIpc) is 3.00. The molecule has 3 aliphatic carbocycles. The monoisotopic (exact) mass is 366 g/mol. The van der Waals surface area contributed by atoms with Crippen LogP contribution in [0.15, 0.2) is 72.8 Å². The fraction of sp³-hybridized carbons (Fsp3) is 0.167. The van der Waals surface area contributed by atoms with E-state index >= 15 is 0 Å². The number of hydrogen-bond donors (Lipinski definition) is 1. The van der Waals surface area contributed by atoms with Crippen molar-refractivity contribution in [3.63, 3.8) is 0 Å². The molecule has 1 saturated heterocycles. The second kappa shape index (κ2) is 5.32. The van der Waals surface area contributed by atoms with Gasteiger partial charge in [0, 0.05) is 17.5 Å². The van der Waals surface area contributed by atoms with Crippen molar-refractivity contribution in [3.05, 3.63) is 95.1 Å². The maximum Gasteiger partial charge on any atom is 0.238 e. The minimum atomic E-state index is -0.347. The van der Waals surface area contributed by atoms with Gasteiger partial charge < -0.3 is 5.73 Å². The zero-order chi connectivity index (χ0) is 19.0. The molecule has 1 fully saturated rings. The first kappa shape index (κ1) is 15.6. The Morgan fingerprint density at radius 3 is 1.39 bits per heavy atom. The Hall–Kier alpha value is -3.40. The summed E-state index contributed by atoms with van der Waals surface area (Å²) in [7, 11) is 0. The van der Waals surface area contributed by atoms with Gasteiger partial charge in [0.15, 0.2) is 0 Å². The highest BCUT2D eigenvalue weighted by atomic mass is 16.2. The summed E-state index contributed by atoms with van der Waals surface area (Å²) in [6.45, 7) is 0. The van der Waals surface area contributed by atoms with Gasteiger partial charge in [-0.3, -0.25) is 9.59 Å². The number of carbonyl (C=O) groups excluding carboxylic acids is 2. The molecule has 1 aliphatic heterocycles. The zero-order valence-electron chi connectivity index (χ0n) is 15.1. The first-order valence-corrected chi connectivity index (χ1v) is 9.58. The highest BCUT2D eigenvalue weighted by molar-refractivity contribution is 6.23. The highest BCUT2D eigenvalue weighted by Gasteiger charge is 2.61. The summed E-state index contributed by atoms with van der Waals surface area (Å²) in [6, 6.07) is 23.5. The number of nitrogens with two attached hydrogens (primary N) is 1. The molecule has 2 amide bonds. The normalized spacial score (nSPS) is 26.8. The SMILES string of the molecule is Nc1ccc(N2C(=O)[C@@H]3C4c5ccccc5C(c5ccccc54)[C@@H]3C2=O)cc1. The molecule has 2 atom stereocenters. The van der Waals surface area contributed by atoms with E-state index in [1.807, 2.05) is 24.3 Å². The first-order valence-electron chi connectivity index (χ1n) is 9.58. The van der Waals surface area contributed by atoms with Crippen LogP contribution in [-0.4, -0.2) is 11.8 Å². The number of carbonyl (C=O) groups is 2. The minimum Gasteiger partial charge on any atom is -0.399 e. The van der Waals surface area contributed by atoms with Crippen molar-refractivity contribution in [2.45, 2.75) is 11.8 Å². The van der Waals surface area contributed by atoms with Crippen molar-refractivity contribution >= 4 is 23.2 Å². The molecule has 0 saturated carbocycles. The van der Waals surface area contributed by atoms with Crippen LogP contribution < -0.4 is 10.6 Å². The van der Waals surface area contributed by atoms with E-state index in [-0.39, 0.29) is 35.5 Å². The van der Waals surface area contributed by atoms with Gasteiger partial charge in [-0.25, -0.2) is 4.90 Å². The van der Waals surface area contributed by atoms with Gasteiger partial charge in [-0.1, -0.05) is 48.5 Å². The molecule has 0 aromatic heterocycles. The van der Waals surface area contributed by atoms with Crippen molar-refractivity contribution in [2.24, 2.45) is 11.8 Å². The van der Waals surface area contributed by atoms with Crippen LogP contribution in [0.1, 0.15) is 34.1 Å². The summed E-state index contributed by atoms with van der Waals surface area (Å²) in [5.41, 5.74) is 11.8. The molecule has 0 unspecified atom stereocenters. The second-order valence-electron chi connectivity index (χ2n) is 7.87. The molecule has 3 aromatic rings. The number of anilines is 2. The Labute approximate surface area is 162 Å². The van der Waals surface area contributed by atoms with Crippen molar-refractivity contribution < 1.29 is 9.59 Å². The Bertz CT molecular complexity index is 1040. The van der Waals surface area contributed by atoms with Gasteiger partial charge in [0.1, 0.15) is 0 Å². The lowest BCUT2D eigenvalue weighted by atomic mass is 9.55. The molecule has 4 aliphatic rings. The molecule has 4 nitrogen and oxygen atoms in total. The number of nitrogen functional groups attached to an aromatic ring is 1. The Morgan fingerprint density at radius 2 is 1.00 bits per heavy atom. The maximum absolute atomic E-state index is 13.5. The lowest BCUT2D eigenvalue weighted by molar-refractivity contribution is -0.122. The van der Waals surface area contributed by atoms with Gasteiger partial charge in [-0.2, -0.15) is 0 Å². The molecule has 28 heavy (non-hydrogen) atoms. The van der Waals surface area contributed by atoms with Crippen LogP contribution in [0.4, 0.5) is 11.4 Å². The minimum absolute atomic E-state index is 0.0716. The zero-order valence-corrected chi connectivity index (χ0v) is 15.1. The predicted octanol–water partition coefficient (Wildman–Crippen LogP) is 3.67. The summed E-state index contributed by atoms with van der Waals surface area (Å²) >= 11 is 0. The third kappa shape index (κ3) is 1.80. The van der Waals surface area contributed by atoms with Crippen LogP contribution >= 0.6 is 0 Å². The fourth-order valence-corrected chi connectivity index (χ4v) is 5.56. The van der Waals surface area contributed by atoms with Crippen LogP contribution in [-0.2, 0) is 9.59 Å². The number of nitrogens with zero attached hydrogens (tertiary/aromatic N) is 1. The predicted molar refractivity (Wildman–Crippen MR) is 107 cm³/mol. The van der Waals surface area contributed by atoms with Gasteiger partial charge in [-0.05, 0) is 46.5 Å². The Kier molecular flexibility index (Phi) is 2.97. The van der Waals surface area contributed by atoms with E-state index in [9.17, 15) is 9.59 Å². The Balaban J connectivity index is 1.57. The lowest BCUT2D eigenvalue weighted by Gasteiger charge is -2.45. The molecule has 7 rings (SSSR count). The van der Waals surface area contributed by atoms with Crippen molar-refractivity contribution in [1.29, 1.82) is 0 Å². The quantitative estimate of drug-likeness (QED) is 0.528. The summed E-state index contributed by atoms with van der Waals surface area (Å²) < 4.78 is 0. The van der Waals surface area contributed by atoms with Crippen LogP contribution in [0, 0.1) is 11.8 Å². The van der Waals surface area contributed by atoms with Crippen molar-refractivity contribution in [2.75, 3.05) is 10.6 Å². The molecule has 0 radical (unpaired) electrons. The summed E-state index contributed by atoms with van der Waals surface area (Å²) in [5, 5.41) is 0. The van der Waals surface area contributed by atoms with E-state index in [2.05, 4.69) is 24.3 Å². The highest BCUT2D eigenvalue weighted by Crippen LogP contribution is 2.61. The van der Waals surface area contributed by atoms with E-state index < -0.39 is 0 Å². The molecule has 1 heterocycles. The molecule has 2 bridgehead atoms. The topological polar surface area (TPSA) is 63.4 Å². The largest absolute Gasteiger partial charge is 0.399 e. The lowest BCUT2D eigenvalue weighted by Crippen LogP contribution is -2.41. The van der Waals surface area contributed by atoms with E-state index in [4.69, 9.17) is 5.73 Å². The van der Waals surface area contributed by atoms with Crippen molar-refractivity contribution in [3.8, 4) is 0 Å². The summed E-state index contributed by atoms with van der Waals surface area (Å²) in [6.07, 6.45) is 0. The molecular weight excluding hydrogens is 348 g/mol. The third-order valence-corrected chi connectivity index (χ3v) is 6.60. The molecule has 4 heteroatoms. The number of amides is 2. The van der Waals surface area contributed by atoms with Crippen LogP contribution in [0.2, 0.25) is 0 Å². The van der Waals surface area contributed by atoms with E-state index in [1.165, 1.54) is 27.2 Å². The van der Waals surface area contributed by atoms with Crippen molar-refractivity contribution in [1.82, 2.24) is 0 Å². The van der Waals surface area contributed by atoms with Crippen LogP contribution in [0.5, 0.6) is 0 Å². The molecule has 2 N–H and O–H groups in total. The molecule has 3 aromatic carbocycles. The summed E-state index contributed by atoms with van der Waals surface area (Å²) in [5.74, 6) is -1.03. The average molecular weight is 366 g/mol. The third-order valence-electron chi connectivity index (χ3n) is 6.60. The van der Waals surface area contributed by atoms with Gasteiger partial charge in [0.2, 0.25) is 11.8 Å². The first-order chi connectivity index (χ1) is 13.7. The van der Waals surface area contributed by atoms with E-state index in [0.29, 0.717) is 11.4 Å². The van der Waals surface area contributed by atoms with Crippen LogP contribution in [0.3, 0.4) is 0 Å². The second-order valence-corrected chi connectivity index (χ2v) is 7.87. The molecule has 136 valence electrons. The number of rotatable bonds is 1. The number of hydrogen-bond acceptors (Lipinski definition) is 3. The van der Waals surface area contributed by atoms with Gasteiger partial charge >= 0.3 is 0 Å². The number of benzene rings is 3.